The third-order valence-electron chi connectivity index (χ3n) is 3.83. The number of benzene rings is 1. The molecule has 1 heterocycles. The van der Waals surface area contributed by atoms with Crippen molar-refractivity contribution in [2.75, 3.05) is 31.1 Å². The molecule has 1 amide bonds. The molecule has 1 aromatic carbocycles. The fourth-order valence-electron chi connectivity index (χ4n) is 2.56. The molecule has 3 N–H and O–H groups in total. The molecule has 22 heavy (non-hydrogen) atoms. The van der Waals surface area contributed by atoms with Crippen LogP contribution in [0.3, 0.4) is 0 Å². The number of hydrogen-bond donors (Lipinski definition) is 3. The Morgan fingerprint density at radius 1 is 1.27 bits per heavy atom. The molecular weight excluding hydrogens is 293 g/mol. The SMILES string of the molecule is O=CC[C@@](O)(C(=O)NO)N1CCN(c2ccc(F)cc2)CC1. The van der Waals surface area contributed by atoms with Gasteiger partial charge < -0.3 is 14.8 Å². The number of nitrogens with one attached hydrogen (secondary N) is 1. The van der Waals surface area contributed by atoms with E-state index in [2.05, 4.69) is 0 Å². The number of hydrogen-bond acceptors (Lipinski definition) is 6. The van der Waals surface area contributed by atoms with Gasteiger partial charge in [-0.05, 0) is 24.3 Å². The molecule has 0 unspecified atom stereocenters. The molecule has 0 aromatic heterocycles. The fraction of sp³-hybridized carbons (Fsp3) is 0.429. The van der Waals surface area contributed by atoms with Crippen molar-refractivity contribution in [2.24, 2.45) is 0 Å². The minimum atomic E-state index is -2.06. The summed E-state index contributed by atoms with van der Waals surface area (Å²) < 4.78 is 12.9. The summed E-state index contributed by atoms with van der Waals surface area (Å²) >= 11 is 0. The van der Waals surface area contributed by atoms with Gasteiger partial charge in [0.1, 0.15) is 12.1 Å². The van der Waals surface area contributed by atoms with Gasteiger partial charge in [-0.25, -0.2) is 9.87 Å². The second-order valence-corrected chi connectivity index (χ2v) is 5.08. The van der Waals surface area contributed by atoms with Gasteiger partial charge in [-0.3, -0.25) is 14.9 Å². The van der Waals surface area contributed by atoms with Crippen LogP contribution in [0.25, 0.3) is 0 Å². The van der Waals surface area contributed by atoms with E-state index in [4.69, 9.17) is 5.21 Å². The lowest BCUT2D eigenvalue weighted by Gasteiger charge is -2.43. The number of aliphatic hydroxyl groups is 1. The van der Waals surface area contributed by atoms with E-state index < -0.39 is 18.1 Å². The van der Waals surface area contributed by atoms with Crippen LogP contribution in [0.5, 0.6) is 0 Å². The zero-order chi connectivity index (χ0) is 16.2. The highest BCUT2D eigenvalue weighted by atomic mass is 19.1. The van der Waals surface area contributed by atoms with Crippen molar-refractivity contribution in [1.29, 1.82) is 0 Å². The summed E-state index contributed by atoms with van der Waals surface area (Å²) in [5, 5.41) is 19.1. The van der Waals surface area contributed by atoms with E-state index in [1.165, 1.54) is 22.5 Å². The zero-order valence-corrected chi connectivity index (χ0v) is 11.9. The first-order valence-corrected chi connectivity index (χ1v) is 6.87. The fourth-order valence-corrected chi connectivity index (χ4v) is 2.56. The van der Waals surface area contributed by atoms with E-state index in [0.717, 1.165) is 5.69 Å². The molecule has 1 fully saturated rings. The van der Waals surface area contributed by atoms with E-state index >= 15 is 0 Å². The number of carbonyl (C=O) groups excluding carboxylic acids is 2. The van der Waals surface area contributed by atoms with Gasteiger partial charge in [0.05, 0.1) is 6.42 Å². The summed E-state index contributed by atoms with van der Waals surface area (Å²) in [4.78, 5) is 25.8. The second-order valence-electron chi connectivity index (χ2n) is 5.08. The Balaban J connectivity index is 2.05. The predicted molar refractivity (Wildman–Crippen MR) is 75.7 cm³/mol. The standard InChI is InChI=1S/C14H18FN3O4/c15-11-1-3-12(4-2-11)17-6-8-18(9-7-17)14(21,5-10-19)13(20)16-22/h1-4,10,21-22H,5-9H2,(H,16,20)/t14-/m1/s1. The number of nitrogens with zero attached hydrogens (tertiary/aromatic N) is 2. The van der Waals surface area contributed by atoms with Crippen LogP contribution >= 0.6 is 0 Å². The van der Waals surface area contributed by atoms with Crippen LogP contribution in [-0.2, 0) is 9.59 Å². The van der Waals surface area contributed by atoms with E-state index in [0.29, 0.717) is 32.5 Å². The van der Waals surface area contributed by atoms with Crippen LogP contribution in [0.1, 0.15) is 6.42 Å². The normalized spacial score (nSPS) is 18.6. The van der Waals surface area contributed by atoms with Crippen LogP contribution < -0.4 is 10.4 Å². The average Bonchev–Trinajstić information content (AvgIpc) is 2.55. The van der Waals surface area contributed by atoms with Gasteiger partial charge in [-0.15, -0.1) is 0 Å². The molecule has 0 radical (unpaired) electrons. The Morgan fingerprint density at radius 2 is 1.86 bits per heavy atom. The first-order valence-electron chi connectivity index (χ1n) is 6.87. The third kappa shape index (κ3) is 3.24. The Labute approximate surface area is 126 Å². The summed E-state index contributed by atoms with van der Waals surface area (Å²) in [6.07, 6.45) is -0.00245. The topological polar surface area (TPSA) is 93.1 Å². The van der Waals surface area contributed by atoms with Crippen molar-refractivity contribution in [3.63, 3.8) is 0 Å². The van der Waals surface area contributed by atoms with Crippen molar-refractivity contribution >= 4 is 17.9 Å². The Hall–Kier alpha value is -2.03. The van der Waals surface area contributed by atoms with Gasteiger partial charge in [0.25, 0.3) is 5.91 Å². The number of aldehydes is 1. The van der Waals surface area contributed by atoms with E-state index in [-0.39, 0.29) is 5.82 Å². The molecule has 8 heteroatoms. The number of hydroxylamine groups is 1. The number of amides is 1. The number of halogens is 1. The smallest absolute Gasteiger partial charge is 0.291 e. The van der Waals surface area contributed by atoms with Crippen LogP contribution in [0, 0.1) is 5.82 Å². The van der Waals surface area contributed by atoms with E-state index in [1.807, 2.05) is 4.90 Å². The van der Waals surface area contributed by atoms with Crippen molar-refractivity contribution in [2.45, 2.75) is 12.1 Å². The Kier molecular flexibility index (Phi) is 5.07. The number of piperazine rings is 1. The van der Waals surface area contributed by atoms with Gasteiger partial charge in [-0.1, -0.05) is 0 Å². The lowest BCUT2D eigenvalue weighted by molar-refractivity contribution is -0.175. The minimum Gasteiger partial charge on any atom is -0.369 e. The van der Waals surface area contributed by atoms with Crippen LogP contribution in [-0.4, -0.2) is 59.3 Å². The molecule has 1 saturated heterocycles. The molecule has 0 bridgehead atoms. The highest BCUT2D eigenvalue weighted by molar-refractivity contribution is 5.85. The summed E-state index contributed by atoms with van der Waals surface area (Å²) in [6, 6.07) is 6.04. The molecule has 1 aliphatic rings. The number of rotatable bonds is 5. The van der Waals surface area contributed by atoms with Crippen LogP contribution in [0.15, 0.2) is 24.3 Å². The molecule has 0 saturated carbocycles. The zero-order valence-electron chi connectivity index (χ0n) is 11.9. The summed E-state index contributed by atoms with van der Waals surface area (Å²) in [6.45, 7) is 1.61. The Bertz CT molecular complexity index is 531. The van der Waals surface area contributed by atoms with Crippen molar-refractivity contribution in [3.8, 4) is 0 Å². The molecule has 120 valence electrons. The van der Waals surface area contributed by atoms with Crippen molar-refractivity contribution in [3.05, 3.63) is 30.1 Å². The second kappa shape index (κ2) is 6.82. The van der Waals surface area contributed by atoms with Gasteiger partial charge >= 0.3 is 0 Å². The maximum atomic E-state index is 12.9. The molecule has 1 aliphatic heterocycles. The van der Waals surface area contributed by atoms with Gasteiger partial charge in [0.15, 0.2) is 0 Å². The maximum absolute atomic E-state index is 12.9. The van der Waals surface area contributed by atoms with Gasteiger partial charge in [0, 0.05) is 31.9 Å². The Morgan fingerprint density at radius 3 is 2.36 bits per heavy atom. The quantitative estimate of drug-likeness (QED) is 0.394. The van der Waals surface area contributed by atoms with Crippen molar-refractivity contribution < 1.29 is 24.3 Å². The monoisotopic (exact) mass is 311 g/mol. The molecular formula is C14H18FN3O4. The summed E-state index contributed by atoms with van der Waals surface area (Å²) in [7, 11) is 0. The summed E-state index contributed by atoms with van der Waals surface area (Å²) in [5.41, 5.74) is 0.167. The summed E-state index contributed by atoms with van der Waals surface area (Å²) in [5.74, 6) is -1.35. The molecule has 0 spiro atoms. The third-order valence-corrected chi connectivity index (χ3v) is 3.83. The molecule has 0 aliphatic carbocycles. The average molecular weight is 311 g/mol. The molecule has 2 rings (SSSR count). The van der Waals surface area contributed by atoms with Gasteiger partial charge in [0.2, 0.25) is 5.72 Å². The molecule has 1 aromatic rings. The number of carbonyl (C=O) groups is 2. The van der Waals surface area contributed by atoms with Gasteiger partial charge in [-0.2, -0.15) is 0 Å². The number of anilines is 1. The minimum absolute atomic E-state index is 0.315. The molecule has 7 nitrogen and oxygen atoms in total. The van der Waals surface area contributed by atoms with E-state index in [1.54, 1.807) is 12.1 Å². The largest absolute Gasteiger partial charge is 0.369 e. The van der Waals surface area contributed by atoms with E-state index in [9.17, 15) is 19.1 Å². The van der Waals surface area contributed by atoms with Crippen LogP contribution in [0.2, 0.25) is 0 Å². The lowest BCUT2D eigenvalue weighted by Crippen LogP contribution is -2.63. The first-order chi connectivity index (χ1) is 10.5. The van der Waals surface area contributed by atoms with Crippen LogP contribution in [0.4, 0.5) is 10.1 Å². The maximum Gasteiger partial charge on any atom is 0.291 e. The highest BCUT2D eigenvalue weighted by Gasteiger charge is 2.43. The van der Waals surface area contributed by atoms with Crippen molar-refractivity contribution in [1.82, 2.24) is 10.4 Å². The lowest BCUT2D eigenvalue weighted by atomic mass is 10.1. The highest BCUT2D eigenvalue weighted by Crippen LogP contribution is 2.22. The predicted octanol–water partition coefficient (Wildman–Crippen LogP) is -0.269. The first kappa shape index (κ1) is 16.3. The molecule has 1 atom stereocenters.